The van der Waals surface area contributed by atoms with Gasteiger partial charge in [0.2, 0.25) is 11.8 Å². The zero-order valence-corrected chi connectivity index (χ0v) is 12.2. The van der Waals surface area contributed by atoms with Crippen molar-refractivity contribution in [2.75, 3.05) is 25.0 Å². The highest BCUT2D eigenvalue weighted by molar-refractivity contribution is 5.93. The number of hydrogen-bond donors (Lipinski definition) is 2. The number of fused-ring (bicyclic) bond motifs is 1. The topological polar surface area (TPSA) is 74.3 Å². The molecular formula is C16H18N4O2. The number of hydrogen-bond acceptors (Lipinski definition) is 4. The van der Waals surface area contributed by atoms with Crippen molar-refractivity contribution in [1.82, 2.24) is 15.2 Å². The van der Waals surface area contributed by atoms with E-state index >= 15 is 0 Å². The van der Waals surface area contributed by atoms with Gasteiger partial charge in [-0.1, -0.05) is 12.2 Å². The minimum Gasteiger partial charge on any atom is -0.335 e. The summed E-state index contributed by atoms with van der Waals surface area (Å²) in [5.41, 5.74) is 1.76. The molecule has 1 aromatic heterocycles. The van der Waals surface area contributed by atoms with Crippen LogP contribution in [-0.4, -0.2) is 41.3 Å². The molecule has 3 heterocycles. The first-order chi connectivity index (χ1) is 10.7. The van der Waals surface area contributed by atoms with Crippen molar-refractivity contribution in [1.29, 1.82) is 0 Å². The molecular weight excluding hydrogens is 280 g/mol. The van der Waals surface area contributed by atoms with Crippen molar-refractivity contribution in [3.63, 3.8) is 0 Å². The van der Waals surface area contributed by atoms with E-state index in [1.54, 1.807) is 23.2 Å². The Labute approximate surface area is 128 Å². The third-order valence-corrected chi connectivity index (χ3v) is 3.63. The van der Waals surface area contributed by atoms with Crippen LogP contribution < -0.4 is 10.6 Å². The lowest BCUT2D eigenvalue weighted by Crippen LogP contribution is -2.32. The third-order valence-electron chi connectivity index (χ3n) is 3.63. The number of carbonyl (C=O) groups is 2. The largest absolute Gasteiger partial charge is 0.335 e. The minimum atomic E-state index is -0.0946. The second kappa shape index (κ2) is 6.53. The predicted molar refractivity (Wildman–Crippen MR) is 83.9 cm³/mol. The fraction of sp³-hybridized carbons (Fsp3) is 0.312. The Hall–Kier alpha value is -2.47. The van der Waals surface area contributed by atoms with Crippen LogP contribution in [0.4, 0.5) is 5.82 Å². The molecule has 0 spiro atoms. The quantitative estimate of drug-likeness (QED) is 0.629. The highest BCUT2D eigenvalue weighted by Crippen LogP contribution is 2.17. The van der Waals surface area contributed by atoms with Crippen molar-refractivity contribution < 1.29 is 9.59 Å². The zero-order valence-electron chi connectivity index (χ0n) is 12.2. The average molecular weight is 298 g/mol. The summed E-state index contributed by atoms with van der Waals surface area (Å²) in [6.45, 7) is 2.29. The van der Waals surface area contributed by atoms with Gasteiger partial charge in [-0.05, 0) is 24.1 Å². The molecule has 2 aliphatic rings. The Morgan fingerprint density at radius 3 is 3.05 bits per heavy atom. The van der Waals surface area contributed by atoms with Gasteiger partial charge < -0.3 is 15.5 Å². The summed E-state index contributed by atoms with van der Waals surface area (Å²) in [4.78, 5) is 29.6. The van der Waals surface area contributed by atoms with Crippen LogP contribution in [0.5, 0.6) is 0 Å². The van der Waals surface area contributed by atoms with E-state index in [4.69, 9.17) is 0 Å². The summed E-state index contributed by atoms with van der Waals surface area (Å²) in [6.07, 6.45) is 10.0. The van der Waals surface area contributed by atoms with E-state index in [2.05, 4.69) is 21.7 Å². The van der Waals surface area contributed by atoms with Gasteiger partial charge in [-0.2, -0.15) is 0 Å². The minimum absolute atomic E-state index is 0.00530. The molecule has 2 N–H and O–H groups in total. The van der Waals surface area contributed by atoms with Gasteiger partial charge in [0.15, 0.2) is 0 Å². The predicted octanol–water partition coefficient (Wildman–Crippen LogP) is 0.925. The standard InChI is InChI=1S/C16H18N4O2/c21-14-11-17-10-13-8-12(9-18-16(13)19-14)4-5-15(22)20-6-2-1-3-7-20/h1-2,4-5,8-9,17H,3,6-7,10-11H2,(H,18,19,21)/b5-4+. The SMILES string of the molecule is O=C1CNCc2cc(/C=C/C(=O)N3CC=CCC3)cnc2N1. The van der Waals surface area contributed by atoms with Gasteiger partial charge >= 0.3 is 0 Å². The fourth-order valence-electron chi connectivity index (χ4n) is 2.47. The molecule has 0 saturated heterocycles. The molecule has 0 radical (unpaired) electrons. The van der Waals surface area contributed by atoms with Crippen molar-refractivity contribution in [3.05, 3.63) is 41.6 Å². The maximum Gasteiger partial charge on any atom is 0.246 e. The van der Waals surface area contributed by atoms with E-state index in [0.717, 1.165) is 24.1 Å². The second-order valence-corrected chi connectivity index (χ2v) is 5.31. The number of pyridine rings is 1. The highest BCUT2D eigenvalue weighted by atomic mass is 16.2. The van der Waals surface area contributed by atoms with E-state index in [0.29, 0.717) is 18.9 Å². The molecule has 6 nitrogen and oxygen atoms in total. The molecule has 0 bridgehead atoms. The molecule has 2 aliphatic heterocycles. The van der Waals surface area contributed by atoms with Crippen LogP contribution in [0.25, 0.3) is 6.08 Å². The lowest BCUT2D eigenvalue weighted by atomic mass is 10.1. The fourth-order valence-corrected chi connectivity index (χ4v) is 2.47. The third kappa shape index (κ3) is 3.40. The molecule has 3 rings (SSSR count). The molecule has 0 saturated carbocycles. The van der Waals surface area contributed by atoms with Crippen LogP contribution in [0.2, 0.25) is 0 Å². The highest BCUT2D eigenvalue weighted by Gasteiger charge is 2.14. The molecule has 22 heavy (non-hydrogen) atoms. The van der Waals surface area contributed by atoms with Crippen LogP contribution >= 0.6 is 0 Å². The summed E-state index contributed by atoms with van der Waals surface area (Å²) < 4.78 is 0. The molecule has 0 fully saturated rings. The maximum atomic E-state index is 12.1. The zero-order chi connectivity index (χ0) is 15.4. The number of aromatic nitrogens is 1. The molecule has 0 atom stereocenters. The van der Waals surface area contributed by atoms with E-state index in [1.165, 1.54) is 0 Å². The first kappa shape index (κ1) is 14.5. The monoisotopic (exact) mass is 298 g/mol. The van der Waals surface area contributed by atoms with Gasteiger partial charge in [0.1, 0.15) is 5.82 Å². The second-order valence-electron chi connectivity index (χ2n) is 5.31. The van der Waals surface area contributed by atoms with E-state index in [-0.39, 0.29) is 18.4 Å². The van der Waals surface area contributed by atoms with Gasteiger partial charge in [0.25, 0.3) is 0 Å². The molecule has 0 unspecified atom stereocenters. The Balaban J connectivity index is 1.71. The van der Waals surface area contributed by atoms with Crippen molar-refractivity contribution in [2.45, 2.75) is 13.0 Å². The summed E-state index contributed by atoms with van der Waals surface area (Å²) in [5, 5.41) is 5.78. The van der Waals surface area contributed by atoms with Crippen LogP contribution in [0, 0.1) is 0 Å². The van der Waals surface area contributed by atoms with Gasteiger partial charge in [-0.25, -0.2) is 4.98 Å². The van der Waals surface area contributed by atoms with Crippen LogP contribution in [0.3, 0.4) is 0 Å². The number of nitrogens with zero attached hydrogens (tertiary/aromatic N) is 2. The number of amides is 2. The Morgan fingerprint density at radius 2 is 2.23 bits per heavy atom. The van der Waals surface area contributed by atoms with Crippen LogP contribution in [0.15, 0.2) is 30.5 Å². The summed E-state index contributed by atoms with van der Waals surface area (Å²) >= 11 is 0. The normalized spacial score (nSPS) is 18.0. The Morgan fingerprint density at radius 1 is 1.32 bits per heavy atom. The van der Waals surface area contributed by atoms with Gasteiger partial charge in [0, 0.05) is 37.5 Å². The summed E-state index contributed by atoms with van der Waals surface area (Å²) in [7, 11) is 0. The van der Waals surface area contributed by atoms with Gasteiger partial charge in [0.05, 0.1) is 6.54 Å². The molecule has 0 aromatic carbocycles. The van der Waals surface area contributed by atoms with Crippen molar-refractivity contribution in [3.8, 4) is 0 Å². The van der Waals surface area contributed by atoms with E-state index < -0.39 is 0 Å². The molecule has 1 aromatic rings. The number of carbonyl (C=O) groups excluding carboxylic acids is 2. The van der Waals surface area contributed by atoms with Crippen LogP contribution in [-0.2, 0) is 16.1 Å². The van der Waals surface area contributed by atoms with Crippen molar-refractivity contribution in [2.24, 2.45) is 0 Å². The Kier molecular flexibility index (Phi) is 4.29. The number of anilines is 1. The summed E-state index contributed by atoms with van der Waals surface area (Å²) in [6, 6.07) is 1.93. The van der Waals surface area contributed by atoms with E-state index in [9.17, 15) is 9.59 Å². The molecule has 0 aliphatic carbocycles. The molecule has 6 heteroatoms. The van der Waals surface area contributed by atoms with E-state index in [1.807, 2.05) is 12.1 Å². The van der Waals surface area contributed by atoms with Crippen LogP contribution in [0.1, 0.15) is 17.5 Å². The lowest BCUT2D eigenvalue weighted by Gasteiger charge is -2.21. The molecule has 2 amide bonds. The lowest BCUT2D eigenvalue weighted by molar-refractivity contribution is -0.125. The average Bonchev–Trinajstić information content (AvgIpc) is 2.73. The maximum absolute atomic E-state index is 12.1. The van der Waals surface area contributed by atoms with Gasteiger partial charge in [-0.3, -0.25) is 9.59 Å². The number of rotatable bonds is 2. The smallest absolute Gasteiger partial charge is 0.246 e. The first-order valence-corrected chi connectivity index (χ1v) is 7.34. The Bertz CT molecular complexity index is 652. The summed E-state index contributed by atoms with van der Waals surface area (Å²) in [5.74, 6) is 0.494. The van der Waals surface area contributed by atoms with Gasteiger partial charge in [-0.15, -0.1) is 0 Å². The number of nitrogens with one attached hydrogen (secondary N) is 2. The van der Waals surface area contributed by atoms with Crippen molar-refractivity contribution >= 4 is 23.7 Å². The molecule has 114 valence electrons. The first-order valence-electron chi connectivity index (χ1n) is 7.34.